The molecule has 0 radical (unpaired) electrons. The van der Waals surface area contributed by atoms with E-state index in [2.05, 4.69) is 36.6 Å². The third kappa shape index (κ3) is 3.41. The van der Waals surface area contributed by atoms with Gasteiger partial charge < -0.3 is 5.11 Å². The summed E-state index contributed by atoms with van der Waals surface area (Å²) in [4.78, 5) is 11.2. The van der Waals surface area contributed by atoms with Crippen molar-refractivity contribution in [2.45, 2.75) is 30.7 Å². The molecular formula is C12H13Br2NO4S. The Hall–Kier alpha value is -0.440. The fourth-order valence-electron chi connectivity index (χ4n) is 1.84. The molecule has 0 heterocycles. The maximum Gasteiger partial charge on any atom is 0.322 e. The summed E-state index contributed by atoms with van der Waals surface area (Å²) in [6.07, 6.45) is 1.47. The minimum atomic E-state index is -3.89. The number of aryl methyl sites for hydroxylation is 1. The zero-order chi connectivity index (χ0) is 15.1. The number of nitrogens with one attached hydrogen (secondary N) is 1. The van der Waals surface area contributed by atoms with Crippen LogP contribution in [0.3, 0.4) is 0 Å². The summed E-state index contributed by atoms with van der Waals surface area (Å²) in [6.45, 7) is 1.84. The van der Waals surface area contributed by atoms with Crippen molar-refractivity contribution in [2.24, 2.45) is 5.92 Å². The largest absolute Gasteiger partial charge is 0.480 e. The van der Waals surface area contributed by atoms with E-state index < -0.39 is 22.0 Å². The Morgan fingerprint density at radius 2 is 1.95 bits per heavy atom. The molecule has 0 aromatic heterocycles. The van der Waals surface area contributed by atoms with Gasteiger partial charge in [-0.3, -0.25) is 4.79 Å². The van der Waals surface area contributed by atoms with E-state index in [4.69, 9.17) is 5.11 Å². The molecule has 2 rings (SSSR count). The first kappa shape index (κ1) is 15.9. The van der Waals surface area contributed by atoms with Crippen molar-refractivity contribution in [3.05, 3.63) is 26.6 Å². The fourth-order valence-corrected chi connectivity index (χ4v) is 4.78. The number of aliphatic carboxylic acids is 1. The summed E-state index contributed by atoms with van der Waals surface area (Å²) in [5.74, 6) is -1.26. The van der Waals surface area contributed by atoms with Crippen molar-refractivity contribution in [3.8, 4) is 0 Å². The van der Waals surface area contributed by atoms with E-state index in [0.29, 0.717) is 8.95 Å². The number of hydrogen-bond acceptors (Lipinski definition) is 3. The molecule has 1 atom stereocenters. The molecule has 8 heteroatoms. The van der Waals surface area contributed by atoms with E-state index in [1.54, 1.807) is 6.07 Å². The Labute approximate surface area is 134 Å². The van der Waals surface area contributed by atoms with Crippen LogP contribution in [0.5, 0.6) is 0 Å². The molecule has 1 aliphatic rings. The number of carbonyl (C=O) groups is 1. The monoisotopic (exact) mass is 425 g/mol. The maximum atomic E-state index is 12.3. The smallest absolute Gasteiger partial charge is 0.322 e. The molecule has 1 unspecified atom stereocenters. The molecule has 110 valence electrons. The Morgan fingerprint density at radius 3 is 2.45 bits per heavy atom. The van der Waals surface area contributed by atoms with Gasteiger partial charge in [-0.25, -0.2) is 8.42 Å². The molecule has 1 aliphatic carbocycles. The van der Waals surface area contributed by atoms with E-state index >= 15 is 0 Å². The van der Waals surface area contributed by atoms with Crippen LogP contribution in [0.1, 0.15) is 18.4 Å². The van der Waals surface area contributed by atoms with Crippen molar-refractivity contribution in [1.82, 2.24) is 4.72 Å². The van der Waals surface area contributed by atoms with Gasteiger partial charge in [-0.1, -0.05) is 15.9 Å². The third-order valence-electron chi connectivity index (χ3n) is 3.14. The van der Waals surface area contributed by atoms with Gasteiger partial charge in [-0.15, -0.1) is 0 Å². The van der Waals surface area contributed by atoms with Gasteiger partial charge >= 0.3 is 5.97 Å². The summed E-state index contributed by atoms with van der Waals surface area (Å²) in [5, 5.41) is 9.11. The molecule has 5 nitrogen and oxygen atoms in total. The zero-order valence-corrected chi connectivity index (χ0v) is 14.5. The standard InChI is InChI=1S/C12H13Br2NO4S/c1-6-4-9(14)10(5-8(6)13)20(18,19)15-11(12(16)17)7-2-3-7/h4-5,7,11,15H,2-3H2,1H3,(H,16,17). The second kappa shape index (κ2) is 5.75. The van der Waals surface area contributed by atoms with Crippen LogP contribution in [0.15, 0.2) is 26.0 Å². The van der Waals surface area contributed by atoms with Crippen molar-refractivity contribution in [3.63, 3.8) is 0 Å². The van der Waals surface area contributed by atoms with Crippen LogP contribution < -0.4 is 4.72 Å². The summed E-state index contributed by atoms with van der Waals surface area (Å²) in [7, 11) is -3.89. The minimum Gasteiger partial charge on any atom is -0.480 e. The SMILES string of the molecule is Cc1cc(Br)c(S(=O)(=O)NC(C(=O)O)C2CC2)cc1Br. The highest BCUT2D eigenvalue weighted by atomic mass is 79.9. The first-order valence-electron chi connectivity index (χ1n) is 5.93. The lowest BCUT2D eigenvalue weighted by atomic mass is 10.2. The Bertz CT molecular complexity index is 656. The summed E-state index contributed by atoms with van der Waals surface area (Å²) in [5.41, 5.74) is 0.882. The normalized spacial score (nSPS) is 16.9. The molecule has 0 saturated heterocycles. The first-order valence-corrected chi connectivity index (χ1v) is 9.00. The first-order chi connectivity index (χ1) is 9.22. The number of benzene rings is 1. The van der Waals surface area contributed by atoms with E-state index in [1.165, 1.54) is 6.07 Å². The predicted octanol–water partition coefficient (Wildman–Crippen LogP) is 2.66. The van der Waals surface area contributed by atoms with Gasteiger partial charge in [0.25, 0.3) is 0 Å². The second-order valence-electron chi connectivity index (χ2n) is 4.81. The van der Waals surface area contributed by atoms with Gasteiger partial charge in [0.1, 0.15) is 6.04 Å². The minimum absolute atomic E-state index is 0.0295. The van der Waals surface area contributed by atoms with Gasteiger partial charge in [0.2, 0.25) is 10.0 Å². The fraction of sp³-hybridized carbons (Fsp3) is 0.417. The Balaban J connectivity index is 2.35. The molecule has 0 aliphatic heterocycles. The van der Waals surface area contributed by atoms with Gasteiger partial charge in [-0.05, 0) is 59.3 Å². The number of sulfonamides is 1. The lowest BCUT2D eigenvalue weighted by Gasteiger charge is -2.15. The lowest BCUT2D eigenvalue weighted by Crippen LogP contribution is -2.42. The van der Waals surface area contributed by atoms with Crippen molar-refractivity contribution in [1.29, 1.82) is 0 Å². The number of carboxylic acids is 1. The zero-order valence-electron chi connectivity index (χ0n) is 10.6. The molecule has 0 amide bonds. The van der Waals surface area contributed by atoms with Crippen LogP contribution in [0.25, 0.3) is 0 Å². The maximum absolute atomic E-state index is 12.3. The molecule has 0 spiro atoms. The predicted molar refractivity (Wildman–Crippen MR) is 81.0 cm³/mol. The van der Waals surface area contributed by atoms with Gasteiger partial charge in [0.15, 0.2) is 0 Å². The van der Waals surface area contributed by atoms with Crippen LogP contribution in [-0.4, -0.2) is 25.5 Å². The van der Waals surface area contributed by atoms with Crippen LogP contribution >= 0.6 is 31.9 Å². The molecule has 1 fully saturated rings. The van der Waals surface area contributed by atoms with Crippen LogP contribution in [0.4, 0.5) is 0 Å². The Kier molecular flexibility index (Phi) is 4.58. The van der Waals surface area contributed by atoms with E-state index in [9.17, 15) is 13.2 Å². The highest BCUT2D eigenvalue weighted by molar-refractivity contribution is 9.11. The van der Waals surface area contributed by atoms with Crippen molar-refractivity contribution in [2.75, 3.05) is 0 Å². The summed E-state index contributed by atoms with van der Waals surface area (Å²) in [6, 6.07) is 2.08. The van der Waals surface area contributed by atoms with E-state index in [0.717, 1.165) is 18.4 Å². The van der Waals surface area contributed by atoms with Crippen LogP contribution in [0.2, 0.25) is 0 Å². The topological polar surface area (TPSA) is 83.5 Å². The van der Waals surface area contributed by atoms with E-state index in [-0.39, 0.29) is 10.8 Å². The highest BCUT2D eigenvalue weighted by Gasteiger charge is 2.39. The van der Waals surface area contributed by atoms with E-state index in [1.807, 2.05) is 6.92 Å². The Morgan fingerprint density at radius 1 is 1.35 bits per heavy atom. The molecule has 1 saturated carbocycles. The van der Waals surface area contributed by atoms with Gasteiger partial charge in [0, 0.05) is 8.95 Å². The number of halogens is 2. The molecule has 1 aromatic rings. The highest BCUT2D eigenvalue weighted by Crippen LogP contribution is 2.34. The van der Waals surface area contributed by atoms with Crippen LogP contribution in [0, 0.1) is 12.8 Å². The molecule has 0 bridgehead atoms. The summed E-state index contributed by atoms with van der Waals surface area (Å²) >= 11 is 6.49. The van der Waals surface area contributed by atoms with Crippen molar-refractivity contribution >= 4 is 47.9 Å². The van der Waals surface area contributed by atoms with Crippen molar-refractivity contribution < 1.29 is 18.3 Å². The second-order valence-corrected chi connectivity index (χ2v) is 8.20. The number of rotatable bonds is 5. The lowest BCUT2D eigenvalue weighted by molar-refractivity contribution is -0.139. The average molecular weight is 427 g/mol. The molecule has 20 heavy (non-hydrogen) atoms. The molecule has 2 N–H and O–H groups in total. The van der Waals surface area contributed by atoms with Crippen LogP contribution in [-0.2, 0) is 14.8 Å². The molecule has 1 aromatic carbocycles. The third-order valence-corrected chi connectivity index (χ3v) is 6.40. The van der Waals surface area contributed by atoms with Gasteiger partial charge in [0.05, 0.1) is 4.90 Å². The molecular weight excluding hydrogens is 414 g/mol. The average Bonchev–Trinajstić information content (AvgIpc) is 3.14. The number of hydrogen-bond donors (Lipinski definition) is 2. The number of carboxylic acid groups (broad SMARTS) is 1. The quantitative estimate of drug-likeness (QED) is 0.757. The summed E-state index contributed by atoms with van der Waals surface area (Å²) < 4.78 is 28.0. The van der Waals surface area contributed by atoms with Gasteiger partial charge in [-0.2, -0.15) is 4.72 Å².